The summed E-state index contributed by atoms with van der Waals surface area (Å²) in [6, 6.07) is 19.0. The summed E-state index contributed by atoms with van der Waals surface area (Å²) in [5, 5.41) is 2.99. The van der Waals surface area contributed by atoms with Crippen LogP contribution in [-0.4, -0.2) is 28.0 Å². The fourth-order valence-electron chi connectivity index (χ4n) is 4.12. The van der Waals surface area contributed by atoms with Gasteiger partial charge in [-0.2, -0.15) is 0 Å². The van der Waals surface area contributed by atoms with E-state index in [2.05, 4.69) is 25.2 Å². The molecule has 3 rings (SSSR count). The molecule has 3 aromatic rings. The molecule has 0 spiro atoms. The zero-order valence-electron chi connectivity index (χ0n) is 21.2. The number of carbonyl (C=O) groups is 1. The van der Waals surface area contributed by atoms with Gasteiger partial charge < -0.3 is 10.1 Å². The van der Waals surface area contributed by atoms with Crippen LogP contribution in [0.15, 0.2) is 71.6 Å². The molecule has 1 atom stereocenters. The summed E-state index contributed by atoms with van der Waals surface area (Å²) < 4.78 is 33.7. The van der Waals surface area contributed by atoms with E-state index in [1.54, 1.807) is 43.5 Å². The summed E-state index contributed by atoms with van der Waals surface area (Å²) in [5.74, 6) is 0.680. The molecule has 0 radical (unpaired) electrons. The number of carbonyl (C=O) groups excluding carboxylic acids is 1. The lowest BCUT2D eigenvalue weighted by molar-refractivity contribution is -0.120. The van der Waals surface area contributed by atoms with E-state index < -0.39 is 10.0 Å². The Balaban J connectivity index is 1.91. The Hall–Kier alpha value is -3.32. The SMILES string of the molecule is COc1cc(C)c(C(C)NC(=O)CN(c2cccc(C)c2)S(=O)(=O)c2ccccc2)cc1C(C)C. The predicted molar refractivity (Wildman–Crippen MR) is 141 cm³/mol. The average molecular weight is 495 g/mol. The van der Waals surface area contributed by atoms with Crippen LogP contribution in [0, 0.1) is 13.8 Å². The van der Waals surface area contributed by atoms with Crippen LogP contribution in [0.2, 0.25) is 0 Å². The topological polar surface area (TPSA) is 75.7 Å². The van der Waals surface area contributed by atoms with Gasteiger partial charge in [-0.3, -0.25) is 9.10 Å². The second kappa shape index (κ2) is 11.0. The van der Waals surface area contributed by atoms with E-state index in [1.165, 1.54) is 12.1 Å². The van der Waals surface area contributed by atoms with Gasteiger partial charge in [0.1, 0.15) is 12.3 Å². The molecule has 0 aliphatic carbocycles. The monoisotopic (exact) mass is 494 g/mol. The Bertz CT molecular complexity index is 1290. The number of methoxy groups -OCH3 is 1. The Labute approximate surface area is 209 Å². The van der Waals surface area contributed by atoms with E-state index in [-0.39, 0.29) is 29.3 Å². The smallest absolute Gasteiger partial charge is 0.264 e. The molecule has 1 amide bonds. The summed E-state index contributed by atoms with van der Waals surface area (Å²) in [6.07, 6.45) is 0. The van der Waals surface area contributed by atoms with Crippen LogP contribution < -0.4 is 14.4 Å². The molecule has 0 aliphatic heterocycles. The number of hydrogen-bond donors (Lipinski definition) is 1. The van der Waals surface area contributed by atoms with Crippen molar-refractivity contribution < 1.29 is 17.9 Å². The molecule has 0 fully saturated rings. The molecule has 186 valence electrons. The minimum atomic E-state index is -3.95. The molecule has 3 aromatic carbocycles. The molecule has 0 aliphatic rings. The highest BCUT2D eigenvalue weighted by molar-refractivity contribution is 7.92. The van der Waals surface area contributed by atoms with Crippen LogP contribution in [0.25, 0.3) is 0 Å². The summed E-state index contributed by atoms with van der Waals surface area (Å²) in [7, 11) is -2.29. The van der Waals surface area contributed by atoms with Crippen LogP contribution in [0.4, 0.5) is 5.69 Å². The van der Waals surface area contributed by atoms with E-state index >= 15 is 0 Å². The molecule has 0 aromatic heterocycles. The minimum absolute atomic E-state index is 0.134. The number of anilines is 1. The lowest BCUT2D eigenvalue weighted by Crippen LogP contribution is -2.41. The Morgan fingerprint density at radius 1 is 0.943 bits per heavy atom. The van der Waals surface area contributed by atoms with Crippen molar-refractivity contribution in [3.63, 3.8) is 0 Å². The Morgan fingerprint density at radius 3 is 2.23 bits per heavy atom. The van der Waals surface area contributed by atoms with Gasteiger partial charge in [0.05, 0.1) is 23.7 Å². The lowest BCUT2D eigenvalue weighted by Gasteiger charge is -2.26. The van der Waals surface area contributed by atoms with Crippen molar-refractivity contribution in [3.05, 3.63) is 89.0 Å². The molecule has 1 N–H and O–H groups in total. The third-order valence-electron chi connectivity index (χ3n) is 5.99. The molecule has 0 bridgehead atoms. The molecule has 35 heavy (non-hydrogen) atoms. The number of nitrogens with one attached hydrogen (secondary N) is 1. The average Bonchev–Trinajstić information content (AvgIpc) is 2.82. The van der Waals surface area contributed by atoms with Crippen molar-refractivity contribution in [2.75, 3.05) is 18.0 Å². The van der Waals surface area contributed by atoms with Crippen molar-refractivity contribution >= 4 is 21.6 Å². The number of hydrogen-bond acceptors (Lipinski definition) is 4. The van der Waals surface area contributed by atoms with Gasteiger partial charge >= 0.3 is 0 Å². The molecule has 0 saturated carbocycles. The van der Waals surface area contributed by atoms with Gasteiger partial charge in [0.2, 0.25) is 5.91 Å². The summed E-state index contributed by atoms with van der Waals surface area (Å²) >= 11 is 0. The standard InChI is InChI=1S/C28H34N2O4S/c1-19(2)25-17-26(21(4)16-27(25)34-6)22(5)29-28(31)18-30(23-12-10-11-20(3)15-23)35(32,33)24-13-8-7-9-14-24/h7-17,19,22H,18H2,1-6H3,(H,29,31). The number of nitrogens with zero attached hydrogens (tertiary/aromatic N) is 1. The number of sulfonamides is 1. The van der Waals surface area contributed by atoms with Crippen LogP contribution in [0.5, 0.6) is 5.75 Å². The molecule has 7 heteroatoms. The number of amides is 1. The maximum Gasteiger partial charge on any atom is 0.264 e. The van der Waals surface area contributed by atoms with Gasteiger partial charge in [-0.05, 0) is 85.3 Å². The van der Waals surface area contributed by atoms with E-state index in [0.717, 1.165) is 32.3 Å². The summed E-state index contributed by atoms with van der Waals surface area (Å²) in [5.41, 5.74) is 4.36. The minimum Gasteiger partial charge on any atom is -0.496 e. The second-order valence-electron chi connectivity index (χ2n) is 9.06. The van der Waals surface area contributed by atoms with Crippen molar-refractivity contribution in [1.82, 2.24) is 5.32 Å². The number of aryl methyl sites for hydroxylation is 2. The Kier molecular flexibility index (Phi) is 8.22. The maximum absolute atomic E-state index is 13.5. The predicted octanol–water partition coefficient (Wildman–Crippen LogP) is 5.51. The first-order valence-electron chi connectivity index (χ1n) is 11.7. The lowest BCUT2D eigenvalue weighted by atomic mass is 9.93. The van der Waals surface area contributed by atoms with Crippen molar-refractivity contribution in [2.45, 2.75) is 51.5 Å². The third-order valence-corrected chi connectivity index (χ3v) is 7.78. The first kappa shape index (κ1) is 26.3. The summed E-state index contributed by atoms with van der Waals surface area (Å²) in [6.45, 7) is 9.61. The van der Waals surface area contributed by atoms with Crippen LogP contribution >= 0.6 is 0 Å². The first-order valence-corrected chi connectivity index (χ1v) is 13.1. The van der Waals surface area contributed by atoms with Gasteiger partial charge in [0.25, 0.3) is 10.0 Å². The molecule has 0 saturated heterocycles. The van der Waals surface area contributed by atoms with E-state index in [9.17, 15) is 13.2 Å². The normalized spacial score (nSPS) is 12.3. The molecular weight excluding hydrogens is 460 g/mol. The van der Waals surface area contributed by atoms with Crippen LogP contribution in [-0.2, 0) is 14.8 Å². The highest BCUT2D eigenvalue weighted by atomic mass is 32.2. The van der Waals surface area contributed by atoms with E-state index in [0.29, 0.717) is 5.69 Å². The zero-order valence-corrected chi connectivity index (χ0v) is 22.0. The van der Waals surface area contributed by atoms with Crippen molar-refractivity contribution in [3.8, 4) is 5.75 Å². The highest BCUT2D eigenvalue weighted by Gasteiger charge is 2.28. The third kappa shape index (κ3) is 6.03. The quantitative estimate of drug-likeness (QED) is 0.426. The van der Waals surface area contributed by atoms with Gasteiger partial charge in [-0.25, -0.2) is 8.42 Å². The maximum atomic E-state index is 13.5. The molecular formula is C28H34N2O4S. The van der Waals surface area contributed by atoms with Crippen LogP contribution in [0.3, 0.4) is 0 Å². The number of rotatable bonds is 9. The molecule has 6 nitrogen and oxygen atoms in total. The van der Waals surface area contributed by atoms with Gasteiger partial charge in [-0.15, -0.1) is 0 Å². The zero-order chi connectivity index (χ0) is 25.8. The van der Waals surface area contributed by atoms with Gasteiger partial charge in [-0.1, -0.05) is 44.2 Å². The summed E-state index contributed by atoms with van der Waals surface area (Å²) in [4.78, 5) is 13.3. The van der Waals surface area contributed by atoms with Crippen LogP contribution in [0.1, 0.15) is 55.0 Å². The first-order chi connectivity index (χ1) is 16.5. The van der Waals surface area contributed by atoms with E-state index in [4.69, 9.17) is 4.74 Å². The number of ether oxygens (including phenoxy) is 1. The Morgan fingerprint density at radius 2 is 1.63 bits per heavy atom. The highest BCUT2D eigenvalue weighted by Crippen LogP contribution is 2.32. The largest absolute Gasteiger partial charge is 0.496 e. The second-order valence-corrected chi connectivity index (χ2v) is 10.9. The molecule has 1 unspecified atom stereocenters. The van der Waals surface area contributed by atoms with Gasteiger partial charge in [0.15, 0.2) is 0 Å². The van der Waals surface area contributed by atoms with E-state index in [1.807, 2.05) is 32.9 Å². The fourth-order valence-corrected chi connectivity index (χ4v) is 5.56. The van der Waals surface area contributed by atoms with Gasteiger partial charge in [0, 0.05) is 0 Å². The van der Waals surface area contributed by atoms with Crippen molar-refractivity contribution in [1.29, 1.82) is 0 Å². The fraction of sp³-hybridized carbons (Fsp3) is 0.321. The molecule has 0 heterocycles. The number of benzene rings is 3. The van der Waals surface area contributed by atoms with Crippen molar-refractivity contribution in [2.24, 2.45) is 0 Å².